The average Bonchev–Trinajstić information content (AvgIpc) is 2.89. The Labute approximate surface area is 170 Å². The molecule has 1 aromatic rings. The molecule has 0 radical (unpaired) electrons. The van der Waals surface area contributed by atoms with Crippen LogP contribution in [0.2, 0.25) is 0 Å². The fraction of sp³-hybridized carbons (Fsp3) is 0.789. The van der Waals surface area contributed by atoms with Gasteiger partial charge in [-0.2, -0.15) is 5.10 Å². The molecule has 1 fully saturated rings. The van der Waals surface area contributed by atoms with E-state index in [1.807, 2.05) is 11.7 Å². The van der Waals surface area contributed by atoms with E-state index in [1.165, 1.54) is 42.6 Å². The van der Waals surface area contributed by atoms with Crippen molar-refractivity contribution in [3.05, 3.63) is 17.0 Å². The Bertz CT molecular complexity index is 544. The minimum Gasteiger partial charge on any atom is -0.357 e. The standard InChI is InChI=1S/C19H35N5.HI/c1-6-17-16(18(7-2)24(5)23-17)13-21-19(20-8-3)22-15-11-9-14(4)10-12-15;/h14-15H,6-13H2,1-5H3,(H2,20,21,22);1H. The van der Waals surface area contributed by atoms with Crippen LogP contribution < -0.4 is 10.6 Å². The normalized spacial score (nSPS) is 20.9. The molecule has 0 spiro atoms. The lowest BCUT2D eigenvalue weighted by Gasteiger charge is -2.28. The maximum absolute atomic E-state index is 4.87. The fourth-order valence-corrected chi connectivity index (χ4v) is 3.65. The summed E-state index contributed by atoms with van der Waals surface area (Å²) in [4.78, 5) is 4.87. The Morgan fingerprint density at radius 2 is 1.84 bits per heavy atom. The number of nitrogens with one attached hydrogen (secondary N) is 2. The first-order chi connectivity index (χ1) is 11.6. The van der Waals surface area contributed by atoms with Crippen molar-refractivity contribution in [3.8, 4) is 0 Å². The number of rotatable bonds is 6. The van der Waals surface area contributed by atoms with Gasteiger partial charge in [0.1, 0.15) is 0 Å². The molecule has 0 bridgehead atoms. The van der Waals surface area contributed by atoms with Crippen LogP contribution in [0.1, 0.15) is 70.3 Å². The summed E-state index contributed by atoms with van der Waals surface area (Å²) in [6, 6.07) is 0.559. The van der Waals surface area contributed by atoms with Gasteiger partial charge < -0.3 is 10.6 Å². The molecular formula is C19H36IN5. The summed E-state index contributed by atoms with van der Waals surface area (Å²) >= 11 is 0. The lowest BCUT2D eigenvalue weighted by molar-refractivity contribution is 0.329. The monoisotopic (exact) mass is 461 g/mol. The van der Waals surface area contributed by atoms with Crippen LogP contribution >= 0.6 is 24.0 Å². The molecule has 1 aromatic heterocycles. The van der Waals surface area contributed by atoms with Gasteiger partial charge in [0.15, 0.2) is 5.96 Å². The summed E-state index contributed by atoms with van der Waals surface area (Å²) < 4.78 is 2.02. The molecule has 1 aliphatic carbocycles. The van der Waals surface area contributed by atoms with Crippen LogP contribution in [0.4, 0.5) is 0 Å². The fourth-order valence-electron chi connectivity index (χ4n) is 3.65. The summed E-state index contributed by atoms with van der Waals surface area (Å²) in [6.45, 7) is 10.4. The van der Waals surface area contributed by atoms with Crippen LogP contribution in [0.25, 0.3) is 0 Å². The molecule has 0 unspecified atom stereocenters. The number of aliphatic imine (C=N–C) groups is 1. The van der Waals surface area contributed by atoms with Gasteiger partial charge >= 0.3 is 0 Å². The van der Waals surface area contributed by atoms with E-state index < -0.39 is 0 Å². The minimum atomic E-state index is 0. The van der Waals surface area contributed by atoms with Gasteiger partial charge in [-0.25, -0.2) is 4.99 Å². The molecule has 0 aromatic carbocycles. The summed E-state index contributed by atoms with van der Waals surface area (Å²) in [7, 11) is 2.04. The predicted molar refractivity (Wildman–Crippen MR) is 117 cm³/mol. The number of guanidine groups is 1. The van der Waals surface area contributed by atoms with Crippen LogP contribution in [-0.2, 0) is 26.4 Å². The Balaban J connectivity index is 0.00000312. The third-order valence-corrected chi connectivity index (χ3v) is 5.12. The molecule has 5 nitrogen and oxygen atoms in total. The van der Waals surface area contributed by atoms with Crippen LogP contribution in [0, 0.1) is 5.92 Å². The number of aryl methyl sites for hydroxylation is 2. The van der Waals surface area contributed by atoms with Crippen LogP contribution in [0.3, 0.4) is 0 Å². The molecule has 1 heterocycles. The third-order valence-electron chi connectivity index (χ3n) is 5.12. The predicted octanol–water partition coefficient (Wildman–Crippen LogP) is 3.80. The first kappa shape index (κ1) is 22.3. The largest absolute Gasteiger partial charge is 0.357 e. The van der Waals surface area contributed by atoms with Crippen molar-refractivity contribution < 1.29 is 0 Å². The van der Waals surface area contributed by atoms with E-state index in [-0.39, 0.29) is 24.0 Å². The average molecular weight is 461 g/mol. The highest BCUT2D eigenvalue weighted by Gasteiger charge is 2.19. The molecule has 0 aliphatic heterocycles. The van der Waals surface area contributed by atoms with Crippen molar-refractivity contribution in [3.63, 3.8) is 0 Å². The molecule has 25 heavy (non-hydrogen) atoms. The number of aromatic nitrogens is 2. The lowest BCUT2D eigenvalue weighted by atomic mass is 9.87. The van der Waals surface area contributed by atoms with E-state index >= 15 is 0 Å². The highest BCUT2D eigenvalue weighted by atomic mass is 127. The zero-order chi connectivity index (χ0) is 17.5. The summed E-state index contributed by atoms with van der Waals surface area (Å²) in [5.41, 5.74) is 3.79. The zero-order valence-electron chi connectivity index (χ0n) is 16.6. The van der Waals surface area contributed by atoms with Crippen LogP contribution in [0.15, 0.2) is 4.99 Å². The van der Waals surface area contributed by atoms with E-state index in [0.29, 0.717) is 12.6 Å². The topological polar surface area (TPSA) is 54.2 Å². The van der Waals surface area contributed by atoms with Crippen LogP contribution in [-0.4, -0.2) is 28.3 Å². The quantitative estimate of drug-likeness (QED) is 0.385. The van der Waals surface area contributed by atoms with Crippen molar-refractivity contribution >= 4 is 29.9 Å². The summed E-state index contributed by atoms with van der Waals surface area (Å²) in [5.74, 6) is 1.82. The SMILES string of the molecule is CCNC(=NCc1c(CC)nn(C)c1CC)NC1CCC(C)CC1.I. The van der Waals surface area contributed by atoms with Gasteiger partial charge in [-0.1, -0.05) is 20.8 Å². The first-order valence-electron chi connectivity index (χ1n) is 9.67. The van der Waals surface area contributed by atoms with Gasteiger partial charge in [-0.3, -0.25) is 4.68 Å². The second kappa shape index (κ2) is 11.0. The number of nitrogens with zero attached hydrogens (tertiary/aromatic N) is 3. The Morgan fingerprint density at radius 3 is 2.40 bits per heavy atom. The second-order valence-electron chi connectivity index (χ2n) is 7.00. The van der Waals surface area contributed by atoms with Crippen molar-refractivity contribution in [2.24, 2.45) is 18.0 Å². The molecule has 0 amide bonds. The van der Waals surface area contributed by atoms with Crippen molar-refractivity contribution in [2.75, 3.05) is 6.54 Å². The highest BCUT2D eigenvalue weighted by molar-refractivity contribution is 14.0. The molecule has 1 aliphatic rings. The Morgan fingerprint density at radius 1 is 1.16 bits per heavy atom. The number of halogens is 1. The summed E-state index contributed by atoms with van der Waals surface area (Å²) in [5, 5.41) is 11.7. The maximum Gasteiger partial charge on any atom is 0.191 e. The number of hydrogen-bond donors (Lipinski definition) is 2. The molecule has 0 atom stereocenters. The molecule has 2 rings (SSSR count). The van der Waals surface area contributed by atoms with E-state index in [1.54, 1.807) is 0 Å². The first-order valence-corrected chi connectivity index (χ1v) is 9.67. The van der Waals surface area contributed by atoms with E-state index in [0.717, 1.165) is 31.3 Å². The number of hydrogen-bond acceptors (Lipinski definition) is 2. The van der Waals surface area contributed by atoms with E-state index in [2.05, 4.69) is 43.4 Å². The lowest BCUT2D eigenvalue weighted by Crippen LogP contribution is -2.44. The second-order valence-corrected chi connectivity index (χ2v) is 7.00. The van der Waals surface area contributed by atoms with Crippen molar-refractivity contribution in [1.82, 2.24) is 20.4 Å². The molecule has 0 saturated heterocycles. The molecule has 2 N–H and O–H groups in total. The summed E-state index contributed by atoms with van der Waals surface area (Å²) in [6.07, 6.45) is 7.10. The van der Waals surface area contributed by atoms with Gasteiger partial charge in [0.05, 0.1) is 12.2 Å². The zero-order valence-corrected chi connectivity index (χ0v) is 18.9. The molecule has 1 saturated carbocycles. The van der Waals surface area contributed by atoms with Gasteiger partial charge in [-0.15, -0.1) is 24.0 Å². The Hall–Kier alpha value is -0.790. The van der Waals surface area contributed by atoms with E-state index in [4.69, 9.17) is 4.99 Å². The molecule has 144 valence electrons. The minimum absolute atomic E-state index is 0. The maximum atomic E-state index is 4.87. The highest BCUT2D eigenvalue weighted by Crippen LogP contribution is 2.23. The smallest absolute Gasteiger partial charge is 0.191 e. The van der Waals surface area contributed by atoms with Gasteiger partial charge in [0.25, 0.3) is 0 Å². The van der Waals surface area contributed by atoms with Crippen molar-refractivity contribution in [2.45, 2.75) is 78.8 Å². The van der Waals surface area contributed by atoms with Crippen LogP contribution in [0.5, 0.6) is 0 Å². The molecule has 6 heteroatoms. The van der Waals surface area contributed by atoms with E-state index in [9.17, 15) is 0 Å². The third kappa shape index (κ3) is 6.15. The van der Waals surface area contributed by atoms with Gasteiger partial charge in [0.2, 0.25) is 0 Å². The van der Waals surface area contributed by atoms with Crippen molar-refractivity contribution in [1.29, 1.82) is 0 Å². The van der Waals surface area contributed by atoms with Gasteiger partial charge in [-0.05, 0) is 51.4 Å². The van der Waals surface area contributed by atoms with Gasteiger partial charge in [0, 0.05) is 30.9 Å². The molecular weight excluding hydrogens is 425 g/mol. The Kier molecular flexibility index (Phi) is 9.82.